The van der Waals surface area contributed by atoms with Crippen LogP contribution < -0.4 is 10.0 Å². The van der Waals surface area contributed by atoms with E-state index < -0.39 is 10.0 Å². The lowest BCUT2D eigenvalue weighted by molar-refractivity contribution is 0.477. The smallest absolute Gasteiger partial charge is 0.250 e. The van der Waals surface area contributed by atoms with Crippen LogP contribution >= 0.6 is 11.3 Å². The molecule has 1 heterocycles. The molecular weight excluding hydrogens is 280 g/mol. The van der Waals surface area contributed by atoms with E-state index >= 15 is 0 Å². The van der Waals surface area contributed by atoms with E-state index in [1.54, 1.807) is 6.07 Å². The van der Waals surface area contributed by atoms with E-state index in [0.29, 0.717) is 16.7 Å². The first kappa shape index (κ1) is 15.0. The second kappa shape index (κ2) is 5.91. The highest BCUT2D eigenvalue weighted by Gasteiger charge is 2.29. The zero-order valence-corrected chi connectivity index (χ0v) is 13.3. The summed E-state index contributed by atoms with van der Waals surface area (Å²) in [6.45, 7) is 4.79. The topological polar surface area (TPSA) is 58.2 Å². The van der Waals surface area contributed by atoms with Crippen LogP contribution in [-0.2, 0) is 16.6 Å². The molecule has 2 N–H and O–H groups in total. The van der Waals surface area contributed by atoms with Gasteiger partial charge in [-0.15, -0.1) is 11.3 Å². The SMILES string of the molecule is CNCc1sc(S(=O)(=O)NC2CCCC2C)cc1C. The minimum absolute atomic E-state index is 0.0974. The van der Waals surface area contributed by atoms with E-state index in [2.05, 4.69) is 17.0 Å². The highest BCUT2D eigenvalue weighted by Crippen LogP contribution is 2.29. The van der Waals surface area contributed by atoms with Gasteiger partial charge in [0.25, 0.3) is 0 Å². The molecule has 6 heteroatoms. The molecule has 1 saturated carbocycles. The highest BCUT2D eigenvalue weighted by atomic mass is 32.2. The van der Waals surface area contributed by atoms with Gasteiger partial charge in [0.15, 0.2) is 0 Å². The predicted molar refractivity (Wildman–Crippen MR) is 78.9 cm³/mol. The number of thiophene rings is 1. The van der Waals surface area contributed by atoms with Gasteiger partial charge < -0.3 is 5.32 Å². The van der Waals surface area contributed by atoms with Gasteiger partial charge in [-0.3, -0.25) is 0 Å². The van der Waals surface area contributed by atoms with Gasteiger partial charge in [-0.1, -0.05) is 13.3 Å². The average Bonchev–Trinajstić information content (AvgIpc) is 2.88. The minimum Gasteiger partial charge on any atom is -0.315 e. The van der Waals surface area contributed by atoms with Gasteiger partial charge in [0.1, 0.15) is 4.21 Å². The van der Waals surface area contributed by atoms with Gasteiger partial charge in [0.05, 0.1) is 0 Å². The maximum Gasteiger partial charge on any atom is 0.250 e. The fraction of sp³-hybridized carbons (Fsp3) is 0.692. The minimum atomic E-state index is -3.36. The molecule has 0 spiro atoms. The van der Waals surface area contributed by atoms with Gasteiger partial charge >= 0.3 is 0 Å². The first-order valence-electron chi connectivity index (χ1n) is 6.70. The average molecular weight is 302 g/mol. The van der Waals surface area contributed by atoms with Crippen LogP contribution in [0.2, 0.25) is 0 Å². The van der Waals surface area contributed by atoms with Gasteiger partial charge in [0.2, 0.25) is 10.0 Å². The summed E-state index contributed by atoms with van der Waals surface area (Å²) in [4.78, 5) is 1.09. The van der Waals surface area contributed by atoms with Gasteiger partial charge in [0, 0.05) is 17.5 Å². The van der Waals surface area contributed by atoms with Crippen molar-refractivity contribution in [2.45, 2.75) is 49.9 Å². The Balaban J connectivity index is 2.17. The van der Waals surface area contributed by atoms with Crippen LogP contribution in [0.25, 0.3) is 0 Å². The molecular formula is C13H22N2O2S2. The van der Waals surface area contributed by atoms with Gasteiger partial charge in [-0.2, -0.15) is 0 Å². The summed E-state index contributed by atoms with van der Waals surface area (Å²) in [7, 11) is -1.49. The second-order valence-electron chi connectivity index (χ2n) is 5.34. The highest BCUT2D eigenvalue weighted by molar-refractivity contribution is 7.91. The number of rotatable bonds is 5. The summed E-state index contributed by atoms with van der Waals surface area (Å²) in [5.41, 5.74) is 1.04. The number of aryl methyl sites for hydroxylation is 1. The lowest BCUT2D eigenvalue weighted by Gasteiger charge is -2.16. The van der Waals surface area contributed by atoms with Crippen LogP contribution in [0.5, 0.6) is 0 Å². The van der Waals surface area contributed by atoms with Crippen LogP contribution in [0.3, 0.4) is 0 Å². The number of nitrogens with one attached hydrogen (secondary N) is 2. The van der Waals surface area contributed by atoms with Crippen molar-refractivity contribution in [2.75, 3.05) is 7.05 Å². The fourth-order valence-corrected chi connectivity index (χ4v) is 5.53. The molecule has 1 fully saturated rings. The van der Waals surface area contributed by atoms with E-state index in [1.165, 1.54) is 11.3 Å². The van der Waals surface area contributed by atoms with Crippen molar-refractivity contribution in [1.82, 2.24) is 10.0 Å². The predicted octanol–water partition coefficient (Wildman–Crippen LogP) is 2.24. The summed E-state index contributed by atoms with van der Waals surface area (Å²) in [6.07, 6.45) is 3.18. The summed E-state index contributed by atoms with van der Waals surface area (Å²) in [5.74, 6) is 0.438. The van der Waals surface area contributed by atoms with Crippen LogP contribution in [0.1, 0.15) is 36.6 Å². The Bertz CT molecular complexity index is 537. The standard InChI is InChI=1S/C13H22N2O2S2/c1-9-5-4-6-11(9)15-19(16,17)13-7-10(2)12(18-13)8-14-3/h7,9,11,14-15H,4-6,8H2,1-3H3. The van der Waals surface area contributed by atoms with Crippen molar-refractivity contribution in [3.63, 3.8) is 0 Å². The molecule has 2 rings (SSSR count). The van der Waals surface area contributed by atoms with Gasteiger partial charge in [-0.25, -0.2) is 13.1 Å². The first-order chi connectivity index (χ1) is 8.94. The summed E-state index contributed by atoms with van der Waals surface area (Å²) in [5, 5.41) is 3.06. The largest absolute Gasteiger partial charge is 0.315 e. The molecule has 0 amide bonds. The quantitative estimate of drug-likeness (QED) is 0.877. The normalized spacial score (nSPS) is 23.9. The molecule has 0 bridgehead atoms. The van der Waals surface area contributed by atoms with Crippen molar-refractivity contribution >= 4 is 21.4 Å². The number of hydrogen-bond donors (Lipinski definition) is 2. The number of sulfonamides is 1. The molecule has 0 saturated heterocycles. The Morgan fingerprint density at radius 1 is 1.42 bits per heavy atom. The molecule has 19 heavy (non-hydrogen) atoms. The molecule has 1 aromatic heterocycles. The first-order valence-corrected chi connectivity index (χ1v) is 9.00. The Labute approximate surface area is 119 Å². The molecule has 4 nitrogen and oxygen atoms in total. The Morgan fingerprint density at radius 2 is 2.16 bits per heavy atom. The molecule has 0 radical (unpaired) electrons. The molecule has 0 aromatic carbocycles. The van der Waals surface area contributed by atoms with E-state index in [4.69, 9.17) is 0 Å². The van der Waals surface area contributed by atoms with Crippen LogP contribution in [0.4, 0.5) is 0 Å². The lowest BCUT2D eigenvalue weighted by atomic mass is 10.1. The van der Waals surface area contributed by atoms with E-state index in [0.717, 1.165) is 29.7 Å². The Morgan fingerprint density at radius 3 is 2.74 bits per heavy atom. The zero-order chi connectivity index (χ0) is 14.0. The molecule has 108 valence electrons. The van der Waals surface area contributed by atoms with Crippen molar-refractivity contribution in [3.8, 4) is 0 Å². The lowest BCUT2D eigenvalue weighted by Crippen LogP contribution is -2.36. The molecule has 1 aliphatic carbocycles. The van der Waals surface area contributed by atoms with Crippen molar-refractivity contribution in [2.24, 2.45) is 5.92 Å². The van der Waals surface area contributed by atoms with Crippen molar-refractivity contribution in [3.05, 3.63) is 16.5 Å². The van der Waals surface area contributed by atoms with E-state index in [-0.39, 0.29) is 6.04 Å². The molecule has 2 atom stereocenters. The fourth-order valence-electron chi connectivity index (χ4n) is 2.54. The molecule has 0 aliphatic heterocycles. The Kier molecular flexibility index (Phi) is 4.66. The van der Waals surface area contributed by atoms with E-state index in [9.17, 15) is 8.42 Å². The summed E-state index contributed by atoms with van der Waals surface area (Å²) in [6, 6.07) is 1.87. The van der Waals surface area contributed by atoms with E-state index in [1.807, 2.05) is 14.0 Å². The maximum absolute atomic E-state index is 12.4. The van der Waals surface area contributed by atoms with Crippen molar-refractivity contribution in [1.29, 1.82) is 0 Å². The molecule has 1 aliphatic rings. The molecule has 2 unspecified atom stereocenters. The van der Waals surface area contributed by atoms with Crippen LogP contribution in [-0.4, -0.2) is 21.5 Å². The second-order valence-corrected chi connectivity index (χ2v) is 8.42. The Hall–Kier alpha value is -0.430. The number of hydrogen-bond acceptors (Lipinski definition) is 4. The van der Waals surface area contributed by atoms with Crippen LogP contribution in [0, 0.1) is 12.8 Å². The van der Waals surface area contributed by atoms with Crippen LogP contribution in [0.15, 0.2) is 10.3 Å². The maximum atomic E-state index is 12.4. The third-order valence-electron chi connectivity index (χ3n) is 3.77. The third-order valence-corrected chi connectivity index (χ3v) is 6.97. The summed E-state index contributed by atoms with van der Waals surface area (Å²) < 4.78 is 28.1. The zero-order valence-electron chi connectivity index (χ0n) is 11.7. The monoisotopic (exact) mass is 302 g/mol. The third kappa shape index (κ3) is 3.37. The summed E-state index contributed by atoms with van der Waals surface area (Å²) >= 11 is 1.36. The van der Waals surface area contributed by atoms with Crippen molar-refractivity contribution < 1.29 is 8.42 Å². The van der Waals surface area contributed by atoms with Gasteiger partial charge in [-0.05, 0) is 44.4 Å². The molecule has 1 aromatic rings.